The number of carbonyl (C=O) groups excluding carboxylic acids is 1. The molecule has 0 saturated heterocycles. The fraction of sp³-hybridized carbons (Fsp3) is 0.400. The van der Waals surface area contributed by atoms with Gasteiger partial charge in [0.05, 0.1) is 5.75 Å². The Labute approximate surface area is 126 Å². The first-order chi connectivity index (χ1) is 10.2. The Balaban J connectivity index is 1.59. The van der Waals surface area contributed by atoms with Crippen LogP contribution in [0.4, 0.5) is 4.39 Å². The minimum atomic E-state index is -0.249. The summed E-state index contributed by atoms with van der Waals surface area (Å²) in [4.78, 5) is 16.5. The van der Waals surface area contributed by atoms with Gasteiger partial charge in [-0.1, -0.05) is 11.2 Å². The second kappa shape index (κ2) is 6.39. The summed E-state index contributed by atoms with van der Waals surface area (Å²) in [5.74, 6) is 2.03. The van der Waals surface area contributed by atoms with E-state index in [9.17, 15) is 9.18 Å². The number of rotatable bonds is 4. The van der Waals surface area contributed by atoms with Gasteiger partial charge in [-0.15, -0.1) is 11.8 Å². The van der Waals surface area contributed by atoms with Crippen molar-refractivity contribution in [3.8, 4) is 0 Å². The number of ketones is 1. The van der Waals surface area contributed by atoms with Crippen molar-refractivity contribution < 1.29 is 13.7 Å². The van der Waals surface area contributed by atoms with Crippen LogP contribution >= 0.6 is 11.8 Å². The number of hydrogen-bond donors (Lipinski definition) is 0. The van der Waals surface area contributed by atoms with E-state index < -0.39 is 0 Å². The Morgan fingerprint density at radius 2 is 2.14 bits per heavy atom. The maximum atomic E-state index is 13.1. The Hall–Kier alpha value is -1.69. The minimum Gasteiger partial charge on any atom is -0.339 e. The summed E-state index contributed by atoms with van der Waals surface area (Å²) in [6.07, 6.45) is 2.77. The van der Waals surface area contributed by atoms with Gasteiger partial charge in [0.25, 0.3) is 0 Å². The molecule has 1 saturated carbocycles. The topological polar surface area (TPSA) is 56.0 Å². The summed E-state index contributed by atoms with van der Waals surface area (Å²) in [6.45, 7) is 0. The number of Topliss-reactive ketones (excluding diaryl/α,β-unsaturated/α-hetero) is 1. The third-order valence-electron chi connectivity index (χ3n) is 3.54. The lowest BCUT2D eigenvalue weighted by atomic mass is 9.88. The van der Waals surface area contributed by atoms with Crippen molar-refractivity contribution in [1.29, 1.82) is 0 Å². The van der Waals surface area contributed by atoms with E-state index in [4.69, 9.17) is 4.52 Å². The van der Waals surface area contributed by atoms with Crippen molar-refractivity contribution in [1.82, 2.24) is 10.1 Å². The van der Waals surface area contributed by atoms with Crippen LogP contribution in [0.15, 0.2) is 33.7 Å². The maximum Gasteiger partial charge on any atom is 0.229 e. The molecule has 0 spiro atoms. The van der Waals surface area contributed by atoms with Gasteiger partial charge in [-0.2, -0.15) is 4.98 Å². The molecule has 1 aliphatic rings. The Bertz CT molecular complexity index is 634. The van der Waals surface area contributed by atoms with Crippen molar-refractivity contribution in [2.75, 3.05) is 0 Å². The van der Waals surface area contributed by atoms with Crippen molar-refractivity contribution in [2.24, 2.45) is 0 Å². The van der Waals surface area contributed by atoms with Crippen molar-refractivity contribution in [3.63, 3.8) is 0 Å². The quantitative estimate of drug-likeness (QED) is 0.806. The second-order valence-electron chi connectivity index (χ2n) is 5.11. The number of hydrogen-bond acceptors (Lipinski definition) is 5. The number of benzene rings is 1. The van der Waals surface area contributed by atoms with Crippen LogP contribution in [0, 0.1) is 5.82 Å². The zero-order valence-electron chi connectivity index (χ0n) is 11.4. The molecule has 1 aliphatic carbocycles. The number of halogens is 1. The number of carbonyl (C=O) groups is 1. The lowest BCUT2D eigenvalue weighted by Gasteiger charge is -2.16. The standard InChI is InChI=1S/C15H15FN2O2S/c16-11-2-1-3-13(8-11)21-9-14-17-15(20-18-14)10-4-6-12(19)7-5-10/h1-3,8,10H,4-7,9H2. The first kappa shape index (κ1) is 14.3. The van der Waals surface area contributed by atoms with Crippen molar-refractivity contribution in [3.05, 3.63) is 41.8 Å². The molecule has 1 aromatic carbocycles. The van der Waals surface area contributed by atoms with Gasteiger partial charge < -0.3 is 4.52 Å². The molecular weight excluding hydrogens is 291 g/mol. The zero-order chi connectivity index (χ0) is 14.7. The van der Waals surface area contributed by atoms with Gasteiger partial charge in [-0.3, -0.25) is 4.79 Å². The van der Waals surface area contributed by atoms with Crippen LogP contribution in [-0.2, 0) is 10.5 Å². The molecule has 4 nitrogen and oxygen atoms in total. The molecule has 6 heteroatoms. The average Bonchev–Trinajstić information content (AvgIpc) is 2.95. The van der Waals surface area contributed by atoms with Gasteiger partial charge in [0.1, 0.15) is 11.6 Å². The smallest absolute Gasteiger partial charge is 0.229 e. The van der Waals surface area contributed by atoms with E-state index in [0.29, 0.717) is 36.1 Å². The Morgan fingerprint density at radius 1 is 1.33 bits per heavy atom. The van der Waals surface area contributed by atoms with Gasteiger partial charge in [0.2, 0.25) is 5.89 Å². The van der Waals surface area contributed by atoms with E-state index in [1.807, 2.05) is 6.07 Å². The van der Waals surface area contributed by atoms with Crippen LogP contribution in [0.5, 0.6) is 0 Å². The lowest BCUT2D eigenvalue weighted by molar-refractivity contribution is -0.120. The number of aromatic nitrogens is 2. The molecule has 0 N–H and O–H groups in total. The van der Waals surface area contributed by atoms with Crippen molar-refractivity contribution >= 4 is 17.5 Å². The highest BCUT2D eigenvalue weighted by Crippen LogP contribution is 2.30. The fourth-order valence-corrected chi connectivity index (χ4v) is 3.17. The summed E-state index contributed by atoms with van der Waals surface area (Å²) in [6, 6.07) is 6.43. The van der Waals surface area contributed by atoms with Crippen LogP contribution in [-0.4, -0.2) is 15.9 Å². The third kappa shape index (κ3) is 3.69. The van der Waals surface area contributed by atoms with Crippen LogP contribution in [0.25, 0.3) is 0 Å². The summed E-state index contributed by atoms with van der Waals surface area (Å²) in [7, 11) is 0. The molecular formula is C15H15FN2O2S. The highest BCUT2D eigenvalue weighted by molar-refractivity contribution is 7.98. The van der Waals surface area contributed by atoms with Gasteiger partial charge in [-0.25, -0.2) is 4.39 Å². The van der Waals surface area contributed by atoms with Crippen LogP contribution in [0.3, 0.4) is 0 Å². The van der Waals surface area contributed by atoms with Gasteiger partial charge in [0.15, 0.2) is 5.82 Å². The predicted molar refractivity (Wildman–Crippen MR) is 76.5 cm³/mol. The molecule has 3 rings (SSSR count). The minimum absolute atomic E-state index is 0.197. The Morgan fingerprint density at radius 3 is 2.90 bits per heavy atom. The largest absolute Gasteiger partial charge is 0.339 e. The van der Waals surface area contributed by atoms with E-state index in [-0.39, 0.29) is 11.7 Å². The SMILES string of the molecule is O=C1CCC(c2nc(CSc3cccc(F)c3)no2)CC1. The van der Waals surface area contributed by atoms with E-state index in [2.05, 4.69) is 10.1 Å². The molecule has 1 fully saturated rings. The molecule has 21 heavy (non-hydrogen) atoms. The molecule has 0 unspecified atom stereocenters. The Kier molecular flexibility index (Phi) is 4.34. The number of thioether (sulfide) groups is 1. The van der Waals surface area contributed by atoms with E-state index in [1.54, 1.807) is 6.07 Å². The van der Waals surface area contributed by atoms with E-state index in [1.165, 1.54) is 23.9 Å². The van der Waals surface area contributed by atoms with Gasteiger partial charge >= 0.3 is 0 Å². The molecule has 0 bridgehead atoms. The zero-order valence-corrected chi connectivity index (χ0v) is 12.2. The highest BCUT2D eigenvalue weighted by atomic mass is 32.2. The molecule has 0 radical (unpaired) electrons. The average molecular weight is 306 g/mol. The van der Waals surface area contributed by atoms with E-state index in [0.717, 1.165) is 17.7 Å². The summed E-state index contributed by atoms with van der Waals surface area (Å²) in [5.41, 5.74) is 0. The number of nitrogens with zero attached hydrogens (tertiary/aromatic N) is 2. The van der Waals surface area contributed by atoms with E-state index >= 15 is 0 Å². The third-order valence-corrected chi connectivity index (χ3v) is 4.53. The van der Waals surface area contributed by atoms with Crippen LogP contribution in [0.1, 0.15) is 43.3 Å². The van der Waals surface area contributed by atoms with Crippen LogP contribution in [0.2, 0.25) is 0 Å². The lowest BCUT2D eigenvalue weighted by Crippen LogP contribution is -2.12. The molecule has 0 aliphatic heterocycles. The molecule has 1 aromatic heterocycles. The molecule has 2 aromatic rings. The first-order valence-electron chi connectivity index (χ1n) is 6.93. The fourth-order valence-electron chi connectivity index (χ4n) is 2.38. The predicted octanol–water partition coefficient (Wildman–Crippen LogP) is 3.73. The normalized spacial score (nSPS) is 16.3. The van der Waals surface area contributed by atoms with Crippen molar-refractivity contribution in [2.45, 2.75) is 42.2 Å². The molecule has 110 valence electrons. The van der Waals surface area contributed by atoms with Gasteiger partial charge in [0, 0.05) is 23.7 Å². The molecule has 0 atom stereocenters. The summed E-state index contributed by atoms with van der Waals surface area (Å²) in [5, 5.41) is 3.96. The molecule has 1 heterocycles. The monoisotopic (exact) mass is 306 g/mol. The maximum absolute atomic E-state index is 13.1. The van der Waals surface area contributed by atoms with Crippen LogP contribution < -0.4 is 0 Å². The molecule has 0 amide bonds. The van der Waals surface area contributed by atoms with Gasteiger partial charge in [-0.05, 0) is 31.0 Å². The summed E-state index contributed by atoms with van der Waals surface area (Å²) >= 11 is 1.47. The summed E-state index contributed by atoms with van der Waals surface area (Å²) < 4.78 is 18.4. The highest BCUT2D eigenvalue weighted by Gasteiger charge is 2.24. The second-order valence-corrected chi connectivity index (χ2v) is 6.16. The first-order valence-corrected chi connectivity index (χ1v) is 7.92.